The van der Waals surface area contributed by atoms with Crippen LogP contribution in [-0.2, 0) is 6.54 Å². The van der Waals surface area contributed by atoms with Gasteiger partial charge in [-0.1, -0.05) is 12.1 Å². The molecular weight excluding hydrogens is 176 g/mol. The molecule has 1 aromatic rings. The Labute approximate surface area is 84.3 Å². The molecule has 0 aliphatic carbocycles. The summed E-state index contributed by atoms with van der Waals surface area (Å²) in [6.45, 7) is 4.38. The topological polar surface area (TPSA) is 55.1 Å². The van der Waals surface area contributed by atoms with Crippen LogP contribution in [0.25, 0.3) is 0 Å². The van der Waals surface area contributed by atoms with E-state index in [1.165, 1.54) is 0 Å². The van der Waals surface area contributed by atoms with Crippen molar-refractivity contribution in [3.63, 3.8) is 0 Å². The van der Waals surface area contributed by atoms with Crippen molar-refractivity contribution < 1.29 is 4.79 Å². The number of hydrogen-bond donors (Lipinski definition) is 2. The lowest BCUT2D eigenvalue weighted by atomic mass is 10.1. The quantitative estimate of drug-likeness (QED) is 0.758. The van der Waals surface area contributed by atoms with E-state index in [1.807, 2.05) is 26.0 Å². The molecule has 76 valence electrons. The largest absolute Gasteiger partial charge is 0.350 e. The maximum Gasteiger partial charge on any atom is 0.251 e. The summed E-state index contributed by atoms with van der Waals surface area (Å²) in [7, 11) is 0. The first-order valence-corrected chi connectivity index (χ1v) is 4.73. The molecule has 1 amide bonds. The third-order valence-corrected chi connectivity index (χ3v) is 1.87. The number of hydrogen-bond acceptors (Lipinski definition) is 2. The number of carbonyl (C=O) groups excluding carboxylic acids is 1. The molecule has 0 saturated carbocycles. The number of rotatable bonds is 3. The number of amides is 1. The second-order valence-electron chi connectivity index (χ2n) is 3.53. The zero-order chi connectivity index (χ0) is 10.6. The van der Waals surface area contributed by atoms with E-state index in [9.17, 15) is 4.79 Å². The molecular formula is C11H16N2O. The first-order chi connectivity index (χ1) is 6.63. The average molecular weight is 192 g/mol. The van der Waals surface area contributed by atoms with E-state index in [-0.39, 0.29) is 11.9 Å². The summed E-state index contributed by atoms with van der Waals surface area (Å²) >= 11 is 0. The molecule has 0 spiro atoms. The van der Waals surface area contributed by atoms with Crippen molar-refractivity contribution in [2.24, 2.45) is 5.73 Å². The zero-order valence-electron chi connectivity index (χ0n) is 8.58. The van der Waals surface area contributed by atoms with Gasteiger partial charge in [-0.05, 0) is 31.5 Å². The number of nitrogens with one attached hydrogen (secondary N) is 1. The minimum atomic E-state index is -0.0384. The fourth-order valence-electron chi connectivity index (χ4n) is 1.14. The van der Waals surface area contributed by atoms with E-state index >= 15 is 0 Å². The molecule has 0 aromatic heterocycles. The Hall–Kier alpha value is -1.35. The lowest BCUT2D eigenvalue weighted by Crippen LogP contribution is -2.30. The van der Waals surface area contributed by atoms with Gasteiger partial charge in [0.2, 0.25) is 0 Å². The van der Waals surface area contributed by atoms with Crippen LogP contribution in [0.3, 0.4) is 0 Å². The molecule has 1 rings (SSSR count). The lowest BCUT2D eigenvalue weighted by molar-refractivity contribution is 0.0943. The Kier molecular flexibility index (Phi) is 3.65. The summed E-state index contributed by atoms with van der Waals surface area (Å²) in [5.74, 6) is -0.0384. The summed E-state index contributed by atoms with van der Waals surface area (Å²) in [4.78, 5) is 11.5. The number of nitrogens with two attached hydrogens (primary N) is 1. The Morgan fingerprint density at radius 3 is 2.36 bits per heavy atom. The van der Waals surface area contributed by atoms with Gasteiger partial charge in [0.05, 0.1) is 0 Å². The van der Waals surface area contributed by atoms with Crippen molar-refractivity contribution in [1.82, 2.24) is 5.32 Å². The van der Waals surface area contributed by atoms with Crippen molar-refractivity contribution >= 4 is 5.91 Å². The Balaban J connectivity index is 2.71. The highest BCUT2D eigenvalue weighted by molar-refractivity contribution is 5.94. The minimum absolute atomic E-state index is 0.0384. The molecule has 0 aliphatic rings. The smallest absolute Gasteiger partial charge is 0.251 e. The van der Waals surface area contributed by atoms with Gasteiger partial charge in [0, 0.05) is 18.2 Å². The first kappa shape index (κ1) is 10.7. The summed E-state index contributed by atoms with van der Waals surface area (Å²) < 4.78 is 0. The second-order valence-corrected chi connectivity index (χ2v) is 3.53. The van der Waals surface area contributed by atoms with Crippen LogP contribution in [0, 0.1) is 0 Å². The third kappa shape index (κ3) is 2.85. The zero-order valence-corrected chi connectivity index (χ0v) is 8.58. The summed E-state index contributed by atoms with van der Waals surface area (Å²) in [5.41, 5.74) is 7.17. The fourth-order valence-corrected chi connectivity index (χ4v) is 1.14. The van der Waals surface area contributed by atoms with Gasteiger partial charge in [0.15, 0.2) is 0 Å². The lowest BCUT2D eigenvalue weighted by Gasteiger charge is -2.08. The van der Waals surface area contributed by atoms with E-state index in [0.29, 0.717) is 12.1 Å². The summed E-state index contributed by atoms with van der Waals surface area (Å²) in [5, 5.41) is 2.83. The standard InChI is InChI=1S/C11H16N2O/c1-8(2)13-11(14)10-5-3-9(7-12)4-6-10/h3-6,8H,7,12H2,1-2H3,(H,13,14). The predicted molar refractivity (Wildman–Crippen MR) is 56.9 cm³/mol. The maximum absolute atomic E-state index is 11.5. The van der Waals surface area contributed by atoms with Crippen molar-refractivity contribution in [2.75, 3.05) is 0 Å². The van der Waals surface area contributed by atoms with Crippen LogP contribution in [0.2, 0.25) is 0 Å². The Bertz CT molecular complexity index is 304. The molecule has 0 atom stereocenters. The van der Waals surface area contributed by atoms with Gasteiger partial charge in [-0.3, -0.25) is 4.79 Å². The molecule has 0 bridgehead atoms. The van der Waals surface area contributed by atoms with Crippen LogP contribution < -0.4 is 11.1 Å². The number of carbonyl (C=O) groups is 1. The molecule has 0 saturated heterocycles. The van der Waals surface area contributed by atoms with Crippen LogP contribution in [0.1, 0.15) is 29.8 Å². The van der Waals surface area contributed by atoms with Crippen molar-refractivity contribution in [1.29, 1.82) is 0 Å². The molecule has 0 heterocycles. The van der Waals surface area contributed by atoms with Gasteiger partial charge in [-0.2, -0.15) is 0 Å². The van der Waals surface area contributed by atoms with Crippen LogP contribution in [0.5, 0.6) is 0 Å². The van der Waals surface area contributed by atoms with Crippen molar-refractivity contribution in [3.8, 4) is 0 Å². The molecule has 0 radical (unpaired) electrons. The van der Waals surface area contributed by atoms with Crippen LogP contribution in [0.4, 0.5) is 0 Å². The van der Waals surface area contributed by atoms with E-state index in [2.05, 4.69) is 5.32 Å². The molecule has 3 N–H and O–H groups in total. The highest BCUT2D eigenvalue weighted by Crippen LogP contribution is 2.03. The van der Waals surface area contributed by atoms with Gasteiger partial charge < -0.3 is 11.1 Å². The molecule has 1 aromatic carbocycles. The van der Waals surface area contributed by atoms with E-state index < -0.39 is 0 Å². The molecule has 0 aliphatic heterocycles. The SMILES string of the molecule is CC(C)NC(=O)c1ccc(CN)cc1. The molecule has 0 fully saturated rings. The van der Waals surface area contributed by atoms with E-state index in [0.717, 1.165) is 5.56 Å². The predicted octanol–water partition coefficient (Wildman–Crippen LogP) is 1.28. The number of benzene rings is 1. The Morgan fingerprint density at radius 2 is 1.93 bits per heavy atom. The average Bonchev–Trinajstić information content (AvgIpc) is 2.17. The van der Waals surface area contributed by atoms with Crippen molar-refractivity contribution in [2.45, 2.75) is 26.4 Å². The van der Waals surface area contributed by atoms with Gasteiger partial charge in [0.1, 0.15) is 0 Å². The highest BCUT2D eigenvalue weighted by atomic mass is 16.1. The maximum atomic E-state index is 11.5. The van der Waals surface area contributed by atoms with Gasteiger partial charge in [-0.15, -0.1) is 0 Å². The third-order valence-electron chi connectivity index (χ3n) is 1.87. The fraction of sp³-hybridized carbons (Fsp3) is 0.364. The van der Waals surface area contributed by atoms with Gasteiger partial charge >= 0.3 is 0 Å². The molecule has 0 unspecified atom stereocenters. The monoisotopic (exact) mass is 192 g/mol. The van der Waals surface area contributed by atoms with E-state index in [1.54, 1.807) is 12.1 Å². The second kappa shape index (κ2) is 4.77. The van der Waals surface area contributed by atoms with Crippen molar-refractivity contribution in [3.05, 3.63) is 35.4 Å². The van der Waals surface area contributed by atoms with E-state index in [4.69, 9.17) is 5.73 Å². The van der Waals surface area contributed by atoms with Gasteiger partial charge in [-0.25, -0.2) is 0 Å². The van der Waals surface area contributed by atoms with Crippen LogP contribution in [0.15, 0.2) is 24.3 Å². The molecule has 14 heavy (non-hydrogen) atoms. The summed E-state index contributed by atoms with van der Waals surface area (Å²) in [6, 6.07) is 7.49. The van der Waals surface area contributed by atoms with Gasteiger partial charge in [0.25, 0.3) is 5.91 Å². The normalized spacial score (nSPS) is 10.3. The minimum Gasteiger partial charge on any atom is -0.350 e. The van der Waals surface area contributed by atoms with Crippen LogP contribution >= 0.6 is 0 Å². The van der Waals surface area contributed by atoms with Crippen LogP contribution in [-0.4, -0.2) is 11.9 Å². The Morgan fingerprint density at radius 1 is 1.36 bits per heavy atom. The summed E-state index contributed by atoms with van der Waals surface area (Å²) in [6.07, 6.45) is 0. The molecule has 3 nitrogen and oxygen atoms in total. The first-order valence-electron chi connectivity index (χ1n) is 4.73. The molecule has 3 heteroatoms. The highest BCUT2D eigenvalue weighted by Gasteiger charge is 2.05.